The number of hydrogen-bond donors (Lipinski definition) is 1. The molecule has 4 fully saturated rings. The Labute approximate surface area is 207 Å². The van der Waals surface area contributed by atoms with Crippen LogP contribution >= 0.6 is 0 Å². The Morgan fingerprint density at radius 1 is 1.09 bits per heavy atom. The molecule has 0 amide bonds. The largest absolute Gasteiger partial charge is 0.387 e. The van der Waals surface area contributed by atoms with E-state index in [-0.39, 0.29) is 0 Å². The van der Waals surface area contributed by atoms with Crippen molar-refractivity contribution in [3.05, 3.63) is 35.4 Å². The third-order valence-corrected chi connectivity index (χ3v) is 11.1. The quantitative estimate of drug-likeness (QED) is 0.506. The highest BCUT2D eigenvalue weighted by atomic mass is 16.5. The highest BCUT2D eigenvalue weighted by Crippen LogP contribution is 2.65. The fourth-order valence-corrected chi connectivity index (χ4v) is 9.64. The molecule has 0 aromatic heterocycles. The van der Waals surface area contributed by atoms with Crippen LogP contribution in [-0.4, -0.2) is 23.9 Å². The molecule has 0 radical (unpaired) electrons. The maximum Gasteiger partial charge on any atom is 0.0991 e. The van der Waals surface area contributed by atoms with Crippen molar-refractivity contribution in [2.45, 2.75) is 90.6 Å². The molecule has 9 atom stereocenters. The van der Waals surface area contributed by atoms with Gasteiger partial charge in [-0.25, -0.2) is 0 Å². The fraction of sp³-hybridized carbons (Fsp3) is 0.774. The SMILES string of the molecule is CCOC[C@@]1(O)CC[C@H]2[C@H](CC[C@@H]3[C@@H]2CC[C@]2(C)[C@@H]([C@@H](C)Cc4cccc(C#N)c4)CC[C@@H]32)C1. The van der Waals surface area contributed by atoms with Crippen LogP contribution in [0.15, 0.2) is 24.3 Å². The highest BCUT2D eigenvalue weighted by molar-refractivity contribution is 5.33. The number of hydrogen-bond acceptors (Lipinski definition) is 3. The first kappa shape index (κ1) is 24.3. The minimum absolute atomic E-state index is 0.477. The van der Waals surface area contributed by atoms with Gasteiger partial charge >= 0.3 is 0 Å². The summed E-state index contributed by atoms with van der Waals surface area (Å²) in [5, 5.41) is 20.4. The highest BCUT2D eigenvalue weighted by Gasteiger charge is 2.58. The molecular formula is C31H45NO2. The smallest absolute Gasteiger partial charge is 0.0991 e. The monoisotopic (exact) mass is 463 g/mol. The van der Waals surface area contributed by atoms with Crippen LogP contribution in [0, 0.1) is 58.2 Å². The molecule has 0 heterocycles. The minimum atomic E-state index is -0.579. The molecule has 34 heavy (non-hydrogen) atoms. The second-order valence-corrected chi connectivity index (χ2v) is 12.8. The lowest BCUT2D eigenvalue weighted by Gasteiger charge is -2.57. The first-order valence-electron chi connectivity index (χ1n) is 14.2. The number of ether oxygens (including phenoxy) is 1. The predicted octanol–water partition coefficient (Wildman–Crippen LogP) is 6.77. The van der Waals surface area contributed by atoms with E-state index in [4.69, 9.17) is 4.74 Å². The van der Waals surface area contributed by atoms with Crippen molar-refractivity contribution in [3.63, 3.8) is 0 Å². The Kier molecular flexibility index (Phi) is 6.86. The van der Waals surface area contributed by atoms with Crippen LogP contribution < -0.4 is 0 Å². The van der Waals surface area contributed by atoms with E-state index in [9.17, 15) is 10.4 Å². The molecule has 0 aliphatic heterocycles. The molecule has 4 aliphatic carbocycles. The van der Waals surface area contributed by atoms with Crippen LogP contribution in [0.4, 0.5) is 0 Å². The van der Waals surface area contributed by atoms with Crippen LogP contribution in [-0.2, 0) is 11.2 Å². The van der Waals surface area contributed by atoms with Crippen molar-refractivity contribution in [1.29, 1.82) is 5.26 Å². The van der Waals surface area contributed by atoms with Crippen LogP contribution in [0.25, 0.3) is 0 Å². The molecule has 186 valence electrons. The van der Waals surface area contributed by atoms with Crippen molar-refractivity contribution in [1.82, 2.24) is 0 Å². The van der Waals surface area contributed by atoms with Gasteiger partial charge in [0.1, 0.15) is 0 Å². The number of rotatable bonds is 6. The van der Waals surface area contributed by atoms with E-state index in [0.717, 1.165) is 54.4 Å². The number of aliphatic hydroxyl groups is 1. The topological polar surface area (TPSA) is 53.2 Å². The predicted molar refractivity (Wildman–Crippen MR) is 136 cm³/mol. The average Bonchev–Trinajstić information content (AvgIpc) is 3.20. The van der Waals surface area contributed by atoms with Gasteiger partial charge in [-0.05, 0) is 136 Å². The summed E-state index contributed by atoms with van der Waals surface area (Å²) in [7, 11) is 0. The van der Waals surface area contributed by atoms with Crippen molar-refractivity contribution in [2.24, 2.45) is 46.8 Å². The molecule has 3 heteroatoms. The average molecular weight is 464 g/mol. The molecular weight excluding hydrogens is 418 g/mol. The lowest BCUT2D eigenvalue weighted by molar-refractivity contribution is -0.129. The Bertz CT molecular complexity index is 907. The number of nitrogens with zero attached hydrogens (tertiary/aromatic N) is 1. The summed E-state index contributed by atoms with van der Waals surface area (Å²) in [6.07, 6.45) is 12.5. The third kappa shape index (κ3) is 4.35. The van der Waals surface area contributed by atoms with Crippen molar-refractivity contribution < 1.29 is 9.84 Å². The number of nitriles is 1. The van der Waals surface area contributed by atoms with E-state index in [1.807, 2.05) is 19.1 Å². The second kappa shape index (κ2) is 9.59. The molecule has 4 aliphatic rings. The van der Waals surface area contributed by atoms with E-state index in [1.165, 1.54) is 50.5 Å². The maximum absolute atomic E-state index is 11.1. The molecule has 0 bridgehead atoms. The third-order valence-electron chi connectivity index (χ3n) is 11.1. The zero-order chi connectivity index (χ0) is 23.9. The lowest BCUT2D eigenvalue weighted by Crippen LogP contribution is -2.52. The van der Waals surface area contributed by atoms with Crippen molar-refractivity contribution in [3.8, 4) is 6.07 Å². The van der Waals surface area contributed by atoms with Gasteiger partial charge in [-0.2, -0.15) is 5.26 Å². The van der Waals surface area contributed by atoms with Gasteiger partial charge < -0.3 is 9.84 Å². The van der Waals surface area contributed by atoms with Gasteiger partial charge in [0, 0.05) is 6.61 Å². The summed E-state index contributed by atoms with van der Waals surface area (Å²) in [5.41, 5.74) is 2.02. The molecule has 0 spiro atoms. The zero-order valence-electron chi connectivity index (χ0n) is 21.6. The maximum atomic E-state index is 11.1. The van der Waals surface area contributed by atoms with Crippen LogP contribution in [0.3, 0.4) is 0 Å². The lowest BCUT2D eigenvalue weighted by atomic mass is 9.48. The molecule has 3 nitrogen and oxygen atoms in total. The van der Waals surface area contributed by atoms with Gasteiger partial charge in [-0.1, -0.05) is 26.0 Å². The normalized spacial score (nSPS) is 42.2. The van der Waals surface area contributed by atoms with Crippen molar-refractivity contribution in [2.75, 3.05) is 13.2 Å². The van der Waals surface area contributed by atoms with E-state index in [1.54, 1.807) is 0 Å². The van der Waals surface area contributed by atoms with E-state index >= 15 is 0 Å². The molecule has 0 unspecified atom stereocenters. The first-order valence-corrected chi connectivity index (χ1v) is 14.2. The van der Waals surface area contributed by atoms with Crippen LogP contribution in [0.5, 0.6) is 0 Å². The Morgan fingerprint density at radius 3 is 2.71 bits per heavy atom. The van der Waals surface area contributed by atoms with Gasteiger partial charge in [0.15, 0.2) is 0 Å². The number of fused-ring (bicyclic) bond motifs is 5. The van der Waals surface area contributed by atoms with Crippen molar-refractivity contribution >= 4 is 0 Å². The molecule has 1 aromatic carbocycles. The fourth-order valence-electron chi connectivity index (χ4n) is 9.64. The summed E-state index contributed by atoms with van der Waals surface area (Å²) >= 11 is 0. The standard InChI is InChI=1S/C31H45NO2/c1-4-34-20-31(33)15-13-25-24(18-31)8-9-27-26(25)12-14-30(3)28(10-11-29(27)30)21(2)16-22-6-5-7-23(17-22)19-32/h5-7,17,21,24-29,33H,4,8-16,18,20H2,1-3H3/t21-,24+,25-,26+,27+,28+,29-,30+,31+/m0/s1. The Hall–Kier alpha value is -1.37. The Balaban J connectivity index is 1.26. The second-order valence-electron chi connectivity index (χ2n) is 12.8. The molecule has 5 rings (SSSR count). The van der Waals surface area contributed by atoms with Gasteiger partial charge in [0.25, 0.3) is 0 Å². The van der Waals surface area contributed by atoms with Crippen LogP contribution in [0.2, 0.25) is 0 Å². The van der Waals surface area contributed by atoms with Gasteiger partial charge in [-0.3, -0.25) is 0 Å². The zero-order valence-corrected chi connectivity index (χ0v) is 21.6. The number of benzene rings is 1. The summed E-state index contributed by atoms with van der Waals surface area (Å²) in [4.78, 5) is 0. The summed E-state index contributed by atoms with van der Waals surface area (Å²) in [6.45, 7) is 8.36. The minimum Gasteiger partial charge on any atom is -0.387 e. The molecule has 0 saturated heterocycles. The molecule has 4 saturated carbocycles. The van der Waals surface area contributed by atoms with E-state index in [0.29, 0.717) is 30.5 Å². The Morgan fingerprint density at radius 2 is 1.91 bits per heavy atom. The summed E-state index contributed by atoms with van der Waals surface area (Å²) in [6, 6.07) is 10.6. The van der Waals surface area contributed by atoms with Crippen LogP contribution in [0.1, 0.15) is 89.7 Å². The first-order chi connectivity index (χ1) is 16.4. The van der Waals surface area contributed by atoms with E-state index in [2.05, 4.69) is 32.0 Å². The summed E-state index contributed by atoms with van der Waals surface area (Å²) in [5.74, 6) is 5.66. The van der Waals surface area contributed by atoms with Gasteiger partial charge in [0.2, 0.25) is 0 Å². The van der Waals surface area contributed by atoms with Gasteiger partial charge in [0.05, 0.1) is 23.8 Å². The molecule has 1 N–H and O–H groups in total. The molecule has 1 aromatic rings. The summed E-state index contributed by atoms with van der Waals surface area (Å²) < 4.78 is 5.66. The van der Waals surface area contributed by atoms with E-state index < -0.39 is 5.60 Å². The van der Waals surface area contributed by atoms with Gasteiger partial charge in [-0.15, -0.1) is 0 Å².